The molecule has 36 heavy (non-hydrogen) atoms. The van der Waals surface area contributed by atoms with E-state index < -0.39 is 8.32 Å². The van der Waals surface area contributed by atoms with Gasteiger partial charge in [0.05, 0.1) is 7.11 Å². The van der Waals surface area contributed by atoms with Crippen LogP contribution in [0.3, 0.4) is 0 Å². The molecule has 5 atom stereocenters. The minimum absolute atomic E-state index is 0.0390. The zero-order valence-electron chi connectivity index (χ0n) is 24.5. The Morgan fingerprint density at radius 2 is 1.78 bits per heavy atom. The third-order valence-electron chi connectivity index (χ3n) is 10.8. The average Bonchev–Trinajstić information content (AvgIpc) is 2.79. The van der Waals surface area contributed by atoms with Crippen LogP contribution in [0.1, 0.15) is 104 Å². The predicted molar refractivity (Wildman–Crippen MR) is 150 cm³/mol. The standard InChI is InChI=1S/C31H50O4Si/c1-22-25-23(14-13-15-24(25)34-8)30(6)18-17-29(5,16-11-12-20-32)31(7,27(30)26(22)33)19-21-35-36(9,10)28(2,3)4/h13-15,20,22,27H,11-12,16-19,21H2,1-10H3/t22-,27+,29-,30+,31+/m1/s1. The van der Waals surface area contributed by atoms with Crippen LogP contribution in [-0.4, -0.2) is 34.1 Å². The molecular formula is C31H50O4Si. The van der Waals surface area contributed by atoms with Crippen LogP contribution in [0.2, 0.25) is 18.1 Å². The maximum absolute atomic E-state index is 14.4. The van der Waals surface area contributed by atoms with Crippen LogP contribution >= 0.6 is 0 Å². The van der Waals surface area contributed by atoms with Crippen molar-refractivity contribution in [2.45, 2.75) is 116 Å². The molecule has 4 nitrogen and oxygen atoms in total. The Balaban J connectivity index is 2.09. The van der Waals surface area contributed by atoms with E-state index in [2.05, 4.69) is 73.7 Å². The van der Waals surface area contributed by atoms with Crippen molar-refractivity contribution in [1.82, 2.24) is 0 Å². The number of carbonyl (C=O) groups is 2. The molecule has 0 saturated heterocycles. The van der Waals surface area contributed by atoms with Crippen LogP contribution in [0.15, 0.2) is 18.2 Å². The van der Waals surface area contributed by atoms with Gasteiger partial charge < -0.3 is 14.0 Å². The Labute approximate surface area is 221 Å². The fraction of sp³-hybridized carbons (Fsp3) is 0.742. The normalized spacial score (nSPS) is 32.6. The molecule has 0 radical (unpaired) electrons. The van der Waals surface area contributed by atoms with Gasteiger partial charge >= 0.3 is 0 Å². The van der Waals surface area contributed by atoms with Gasteiger partial charge in [0.1, 0.15) is 17.8 Å². The molecule has 0 unspecified atom stereocenters. The van der Waals surface area contributed by atoms with Crippen LogP contribution in [0, 0.1) is 16.7 Å². The van der Waals surface area contributed by atoms with Crippen LogP contribution in [0.5, 0.6) is 5.75 Å². The summed E-state index contributed by atoms with van der Waals surface area (Å²) in [5.41, 5.74) is 1.84. The smallest absolute Gasteiger partial charge is 0.191 e. The summed E-state index contributed by atoms with van der Waals surface area (Å²) in [6, 6.07) is 6.30. The third-order valence-corrected chi connectivity index (χ3v) is 15.4. The lowest BCUT2D eigenvalue weighted by molar-refractivity contribution is -0.152. The molecule has 0 bridgehead atoms. The molecule has 2 aliphatic carbocycles. The number of aldehydes is 1. The Bertz CT molecular complexity index is 979. The second kappa shape index (κ2) is 10.0. The molecular weight excluding hydrogens is 464 g/mol. The number of benzene rings is 1. The number of rotatable bonds is 9. The maximum atomic E-state index is 14.4. The van der Waals surface area contributed by atoms with Gasteiger partial charge in [-0.1, -0.05) is 60.6 Å². The molecule has 0 aromatic heterocycles. The van der Waals surface area contributed by atoms with Crippen molar-refractivity contribution in [3.05, 3.63) is 29.3 Å². The van der Waals surface area contributed by atoms with Gasteiger partial charge in [0.2, 0.25) is 0 Å². The van der Waals surface area contributed by atoms with E-state index in [0.717, 1.165) is 49.7 Å². The molecule has 202 valence electrons. The van der Waals surface area contributed by atoms with E-state index in [0.29, 0.717) is 18.8 Å². The Kier molecular flexibility index (Phi) is 8.10. The summed E-state index contributed by atoms with van der Waals surface area (Å²) in [5.74, 6) is 0.866. The van der Waals surface area contributed by atoms with Gasteiger partial charge in [-0.05, 0) is 72.7 Å². The highest BCUT2D eigenvalue weighted by atomic mass is 28.4. The van der Waals surface area contributed by atoms with E-state index in [4.69, 9.17) is 9.16 Å². The first-order chi connectivity index (χ1) is 16.6. The van der Waals surface area contributed by atoms with E-state index in [1.165, 1.54) is 5.56 Å². The highest BCUT2D eigenvalue weighted by Crippen LogP contribution is 2.67. The van der Waals surface area contributed by atoms with Gasteiger partial charge in [-0.15, -0.1) is 0 Å². The number of methoxy groups -OCH3 is 1. The lowest BCUT2D eigenvalue weighted by Gasteiger charge is -2.63. The second-order valence-electron chi connectivity index (χ2n) is 13.8. The number of unbranched alkanes of at least 4 members (excludes halogenated alkanes) is 1. The van der Waals surface area contributed by atoms with Gasteiger partial charge in [-0.3, -0.25) is 4.79 Å². The van der Waals surface area contributed by atoms with Crippen molar-refractivity contribution < 1.29 is 18.8 Å². The first kappa shape index (κ1) is 29.1. The number of hydrogen-bond donors (Lipinski definition) is 0. The van der Waals surface area contributed by atoms with Crippen molar-refractivity contribution in [3.63, 3.8) is 0 Å². The summed E-state index contributed by atoms with van der Waals surface area (Å²) in [7, 11) is -0.208. The van der Waals surface area contributed by atoms with E-state index >= 15 is 0 Å². The predicted octanol–water partition coefficient (Wildman–Crippen LogP) is 7.84. The lowest BCUT2D eigenvalue weighted by Crippen LogP contribution is -2.61. The maximum Gasteiger partial charge on any atom is 0.191 e. The number of hydrogen-bond acceptors (Lipinski definition) is 4. The number of carbonyl (C=O) groups excluding carboxylic acids is 2. The van der Waals surface area contributed by atoms with E-state index in [-0.39, 0.29) is 33.1 Å². The highest BCUT2D eigenvalue weighted by molar-refractivity contribution is 6.74. The first-order valence-electron chi connectivity index (χ1n) is 13.9. The highest BCUT2D eigenvalue weighted by Gasteiger charge is 2.64. The zero-order valence-corrected chi connectivity index (χ0v) is 25.5. The van der Waals surface area contributed by atoms with Crippen LogP contribution in [-0.2, 0) is 19.4 Å². The quantitative estimate of drug-likeness (QED) is 0.191. The first-order valence-corrected chi connectivity index (χ1v) is 16.8. The molecule has 2 aliphatic rings. The van der Waals surface area contributed by atoms with Crippen LogP contribution in [0.4, 0.5) is 0 Å². The number of ketones is 1. The van der Waals surface area contributed by atoms with Crippen molar-refractivity contribution in [1.29, 1.82) is 0 Å². The summed E-state index contributed by atoms with van der Waals surface area (Å²) in [4.78, 5) is 25.6. The summed E-state index contributed by atoms with van der Waals surface area (Å²) < 4.78 is 12.5. The summed E-state index contributed by atoms with van der Waals surface area (Å²) in [5, 5.41) is 0.146. The topological polar surface area (TPSA) is 52.6 Å². The number of Topliss-reactive ketones (excluding diaryl/α,β-unsaturated/α-hetero) is 1. The fourth-order valence-corrected chi connectivity index (χ4v) is 8.21. The molecule has 0 N–H and O–H groups in total. The van der Waals surface area contributed by atoms with Crippen LogP contribution in [0.25, 0.3) is 0 Å². The number of fused-ring (bicyclic) bond motifs is 3. The largest absolute Gasteiger partial charge is 0.496 e. The van der Waals surface area contributed by atoms with Gasteiger partial charge in [-0.2, -0.15) is 0 Å². The zero-order chi connectivity index (χ0) is 27.2. The molecule has 0 heterocycles. The van der Waals surface area contributed by atoms with Crippen LogP contribution < -0.4 is 4.74 Å². The minimum atomic E-state index is -1.91. The molecule has 0 aliphatic heterocycles. The van der Waals surface area contributed by atoms with Crippen molar-refractivity contribution in [2.75, 3.05) is 13.7 Å². The van der Waals surface area contributed by atoms with E-state index in [1.807, 2.05) is 6.07 Å². The van der Waals surface area contributed by atoms with Crippen molar-refractivity contribution in [3.8, 4) is 5.75 Å². The average molecular weight is 515 g/mol. The van der Waals surface area contributed by atoms with Gasteiger partial charge in [0.25, 0.3) is 0 Å². The molecule has 0 amide bonds. The summed E-state index contributed by atoms with van der Waals surface area (Å²) in [6.07, 6.45) is 6.30. The Morgan fingerprint density at radius 1 is 1.11 bits per heavy atom. The Morgan fingerprint density at radius 3 is 2.36 bits per heavy atom. The lowest BCUT2D eigenvalue weighted by atomic mass is 9.40. The van der Waals surface area contributed by atoms with Crippen molar-refractivity contribution >= 4 is 20.4 Å². The van der Waals surface area contributed by atoms with Gasteiger partial charge in [-0.25, -0.2) is 0 Å². The fourth-order valence-electron chi connectivity index (χ4n) is 7.16. The van der Waals surface area contributed by atoms with Gasteiger partial charge in [0.15, 0.2) is 8.32 Å². The SMILES string of the molecule is COc1cccc2c1[C@@H](C)C(=O)[C@H]1[C@@]2(C)CC[C@@](C)(CCCC=O)[C@@]1(C)CCO[Si](C)(C)C(C)(C)C. The third kappa shape index (κ3) is 4.64. The molecule has 1 aromatic rings. The minimum Gasteiger partial charge on any atom is -0.496 e. The molecule has 1 fully saturated rings. The monoisotopic (exact) mass is 514 g/mol. The van der Waals surface area contributed by atoms with Gasteiger partial charge in [0, 0.05) is 35.8 Å². The molecule has 0 spiro atoms. The Hall–Kier alpha value is -1.46. The number of ether oxygens (including phenoxy) is 1. The second-order valence-corrected chi connectivity index (χ2v) is 18.6. The van der Waals surface area contributed by atoms with E-state index in [1.54, 1.807) is 7.11 Å². The molecule has 1 saturated carbocycles. The molecule has 1 aromatic carbocycles. The molecule has 5 heteroatoms. The van der Waals surface area contributed by atoms with E-state index in [9.17, 15) is 9.59 Å². The van der Waals surface area contributed by atoms with Crippen molar-refractivity contribution in [2.24, 2.45) is 16.7 Å². The summed E-state index contributed by atoms with van der Waals surface area (Å²) >= 11 is 0. The summed E-state index contributed by atoms with van der Waals surface area (Å²) in [6.45, 7) is 21.2. The molecule has 3 rings (SSSR count).